The summed E-state index contributed by atoms with van der Waals surface area (Å²) in [4.78, 5) is 24.6. The molecule has 2 aromatic rings. The van der Waals surface area contributed by atoms with Gasteiger partial charge >= 0.3 is 0 Å². The highest BCUT2D eigenvalue weighted by atomic mass is 16.2. The fraction of sp³-hybridized carbons (Fsp3) is 0.353. The summed E-state index contributed by atoms with van der Waals surface area (Å²) in [6, 6.07) is 2.01. The molecule has 1 amide bonds. The molecule has 0 bridgehead atoms. The Kier molecular flexibility index (Phi) is 4.16. The van der Waals surface area contributed by atoms with Crippen molar-refractivity contribution in [1.29, 1.82) is 0 Å². The van der Waals surface area contributed by atoms with E-state index in [1.165, 1.54) is 0 Å². The number of carbonyl (C=O) groups excluding carboxylic acids is 1. The summed E-state index contributed by atoms with van der Waals surface area (Å²) < 4.78 is 0. The van der Waals surface area contributed by atoms with Gasteiger partial charge in [0, 0.05) is 36.9 Å². The maximum atomic E-state index is 12.0. The number of likely N-dealkylation sites (tertiary alicyclic amines) is 1. The zero-order valence-electron chi connectivity index (χ0n) is 12.7. The molecule has 1 saturated heterocycles. The molecule has 2 aromatic heterocycles. The largest absolute Gasteiger partial charge is 0.388 e. The molecular formula is C17H17N5O. The summed E-state index contributed by atoms with van der Waals surface area (Å²) >= 11 is 0. The van der Waals surface area contributed by atoms with Gasteiger partial charge in [0.25, 0.3) is 0 Å². The summed E-state index contributed by atoms with van der Waals surface area (Å²) in [5.74, 6) is 2.40. The van der Waals surface area contributed by atoms with E-state index < -0.39 is 0 Å². The molecule has 0 aromatic carbocycles. The van der Waals surface area contributed by atoms with Crippen molar-refractivity contribution in [2.24, 2.45) is 0 Å². The zero-order chi connectivity index (χ0) is 16.2. The molecule has 6 heteroatoms. The van der Waals surface area contributed by atoms with E-state index >= 15 is 0 Å². The number of nitrogens with zero attached hydrogens (tertiary/aromatic N) is 3. The normalized spacial score (nSPS) is 17.5. The number of carbonyl (C=O) groups is 1. The molecule has 0 spiro atoms. The monoisotopic (exact) mass is 307 g/mol. The topological polar surface area (TPSA) is 65.4 Å². The molecule has 3 rings (SSSR count). The third-order valence-electron chi connectivity index (χ3n) is 4.06. The molecule has 1 aliphatic heterocycles. The molecule has 1 atom stereocenters. The number of rotatable bonds is 3. The second kappa shape index (κ2) is 6.41. The number of nitrogens with one attached hydrogen (secondary N) is 2. The summed E-state index contributed by atoms with van der Waals surface area (Å²) in [5.41, 5.74) is 2.02. The van der Waals surface area contributed by atoms with E-state index in [9.17, 15) is 4.79 Å². The van der Waals surface area contributed by atoms with Crippen LogP contribution in [0.3, 0.4) is 0 Å². The van der Waals surface area contributed by atoms with Gasteiger partial charge in [0.05, 0.1) is 18.7 Å². The lowest BCUT2D eigenvalue weighted by atomic mass is 10.0. The van der Waals surface area contributed by atoms with E-state index in [4.69, 9.17) is 13.0 Å². The van der Waals surface area contributed by atoms with E-state index in [1.54, 1.807) is 17.3 Å². The van der Waals surface area contributed by atoms with Crippen LogP contribution in [-0.2, 0) is 4.79 Å². The zero-order valence-corrected chi connectivity index (χ0v) is 12.7. The van der Waals surface area contributed by atoms with Crippen molar-refractivity contribution in [2.75, 3.05) is 18.4 Å². The van der Waals surface area contributed by atoms with Crippen molar-refractivity contribution in [1.82, 2.24) is 14.9 Å². The molecule has 6 nitrogen and oxygen atoms in total. The van der Waals surface area contributed by atoms with E-state index in [2.05, 4.69) is 26.1 Å². The standard InChI is InChI=1S/C17H17N5O/c1-3-5-15(23)22-9-4-6-12(11-22)21-16-13-7-8-19-17(13)20-10-14(16)18-2/h1,7-8,10,12H,4-6,9,11H2,(H2,19,20,21)/t12-/m1/s1. The van der Waals surface area contributed by atoms with Crippen LogP contribution < -0.4 is 5.32 Å². The van der Waals surface area contributed by atoms with Crippen LogP contribution in [0.1, 0.15) is 19.3 Å². The van der Waals surface area contributed by atoms with Gasteiger partial charge in [-0.3, -0.25) is 9.78 Å². The molecule has 3 heterocycles. The lowest BCUT2D eigenvalue weighted by Gasteiger charge is -2.33. The number of amides is 1. The predicted molar refractivity (Wildman–Crippen MR) is 89.0 cm³/mol. The maximum absolute atomic E-state index is 12.0. The van der Waals surface area contributed by atoms with E-state index in [0.717, 1.165) is 36.1 Å². The number of aromatic nitrogens is 2. The first kappa shape index (κ1) is 14.9. The fourth-order valence-corrected chi connectivity index (χ4v) is 2.96. The van der Waals surface area contributed by atoms with Crippen LogP contribution in [0.15, 0.2) is 18.5 Å². The van der Waals surface area contributed by atoms with Gasteiger partial charge in [0.2, 0.25) is 11.6 Å². The first-order chi connectivity index (χ1) is 11.2. The summed E-state index contributed by atoms with van der Waals surface area (Å²) in [6.45, 7) is 8.68. The first-order valence-electron chi connectivity index (χ1n) is 7.54. The van der Waals surface area contributed by atoms with Crippen LogP contribution in [0.25, 0.3) is 15.9 Å². The highest BCUT2D eigenvalue weighted by Crippen LogP contribution is 2.33. The summed E-state index contributed by atoms with van der Waals surface area (Å²) in [5, 5.41) is 4.33. The highest BCUT2D eigenvalue weighted by molar-refractivity contribution is 5.96. The van der Waals surface area contributed by atoms with Crippen LogP contribution in [0.4, 0.5) is 11.4 Å². The van der Waals surface area contributed by atoms with E-state index in [-0.39, 0.29) is 18.4 Å². The fourth-order valence-electron chi connectivity index (χ4n) is 2.96. The SMILES string of the molecule is [C-]#[N+]c1cnc2[nH]ccc2c1N[C@@H]1CCCN(C(=O)CC#C)C1. The average molecular weight is 307 g/mol. The van der Waals surface area contributed by atoms with Gasteiger partial charge in [-0.1, -0.05) is 5.92 Å². The molecule has 0 aliphatic carbocycles. The van der Waals surface area contributed by atoms with Crippen molar-refractivity contribution in [3.05, 3.63) is 29.9 Å². The Morgan fingerprint density at radius 2 is 2.52 bits per heavy atom. The Morgan fingerprint density at radius 3 is 3.30 bits per heavy atom. The van der Waals surface area contributed by atoms with Crippen LogP contribution in [0.2, 0.25) is 0 Å². The minimum absolute atomic E-state index is 0.00841. The Bertz CT molecular complexity index is 810. The predicted octanol–water partition coefficient (Wildman–Crippen LogP) is 2.54. The smallest absolute Gasteiger partial charge is 0.234 e. The van der Waals surface area contributed by atoms with Crippen molar-refractivity contribution >= 4 is 28.3 Å². The molecule has 0 radical (unpaired) electrons. The lowest BCUT2D eigenvalue weighted by Crippen LogP contribution is -2.45. The van der Waals surface area contributed by atoms with Gasteiger partial charge < -0.3 is 15.2 Å². The maximum Gasteiger partial charge on any atom is 0.234 e. The van der Waals surface area contributed by atoms with Crippen LogP contribution in [0.5, 0.6) is 0 Å². The first-order valence-corrected chi connectivity index (χ1v) is 7.54. The number of H-pyrrole nitrogens is 1. The van der Waals surface area contributed by atoms with Crippen LogP contribution in [-0.4, -0.2) is 39.9 Å². The third kappa shape index (κ3) is 2.97. The number of fused-ring (bicyclic) bond motifs is 1. The van der Waals surface area contributed by atoms with Gasteiger partial charge in [-0.15, -0.1) is 6.42 Å². The van der Waals surface area contributed by atoms with Crippen molar-refractivity contribution in [2.45, 2.75) is 25.3 Å². The Labute approximate surface area is 134 Å². The average Bonchev–Trinajstić information content (AvgIpc) is 3.05. The van der Waals surface area contributed by atoms with Crippen LogP contribution >= 0.6 is 0 Å². The molecule has 1 fully saturated rings. The van der Waals surface area contributed by atoms with Crippen molar-refractivity contribution < 1.29 is 4.79 Å². The molecule has 2 N–H and O–H groups in total. The Balaban J connectivity index is 1.82. The van der Waals surface area contributed by atoms with Gasteiger partial charge in [-0.25, -0.2) is 4.85 Å². The third-order valence-corrected chi connectivity index (χ3v) is 4.06. The summed E-state index contributed by atoms with van der Waals surface area (Å²) in [7, 11) is 0. The minimum atomic E-state index is -0.00841. The molecular weight excluding hydrogens is 290 g/mol. The Morgan fingerprint density at radius 1 is 1.65 bits per heavy atom. The number of pyridine rings is 1. The number of piperidine rings is 1. The minimum Gasteiger partial charge on any atom is -0.388 e. The number of hydrogen-bond donors (Lipinski definition) is 2. The quantitative estimate of drug-likeness (QED) is 0.676. The number of hydrogen-bond acceptors (Lipinski definition) is 3. The van der Waals surface area contributed by atoms with Crippen molar-refractivity contribution in [3.8, 4) is 12.3 Å². The number of terminal acetylenes is 1. The van der Waals surface area contributed by atoms with E-state index in [1.807, 2.05) is 6.07 Å². The van der Waals surface area contributed by atoms with Crippen LogP contribution in [0, 0.1) is 18.9 Å². The number of anilines is 1. The lowest BCUT2D eigenvalue weighted by molar-refractivity contribution is -0.131. The number of aromatic amines is 1. The van der Waals surface area contributed by atoms with Gasteiger partial charge in [-0.05, 0) is 18.9 Å². The summed E-state index contributed by atoms with van der Waals surface area (Å²) in [6.07, 6.45) is 10.6. The van der Waals surface area contributed by atoms with Gasteiger partial charge in [0.15, 0.2) is 0 Å². The highest BCUT2D eigenvalue weighted by Gasteiger charge is 2.24. The van der Waals surface area contributed by atoms with E-state index in [0.29, 0.717) is 12.2 Å². The second-order valence-electron chi connectivity index (χ2n) is 5.57. The van der Waals surface area contributed by atoms with Gasteiger partial charge in [0.1, 0.15) is 5.65 Å². The van der Waals surface area contributed by atoms with Crippen molar-refractivity contribution in [3.63, 3.8) is 0 Å². The Hall–Kier alpha value is -2.99. The van der Waals surface area contributed by atoms with Gasteiger partial charge in [-0.2, -0.15) is 0 Å². The molecule has 0 unspecified atom stereocenters. The molecule has 1 aliphatic rings. The molecule has 23 heavy (non-hydrogen) atoms. The molecule has 0 saturated carbocycles. The second-order valence-corrected chi connectivity index (χ2v) is 5.57. The molecule has 116 valence electrons.